The lowest BCUT2D eigenvalue weighted by molar-refractivity contribution is 0.0574. The van der Waals surface area contributed by atoms with Crippen molar-refractivity contribution in [2.75, 3.05) is 19.6 Å². The predicted octanol–water partition coefficient (Wildman–Crippen LogP) is 2.93. The van der Waals surface area contributed by atoms with Crippen molar-refractivity contribution in [3.63, 3.8) is 0 Å². The molecule has 0 saturated carbocycles. The number of carbonyl (C=O) groups excluding carboxylic acids is 1. The molecule has 2 aromatic heterocycles. The van der Waals surface area contributed by atoms with Crippen LogP contribution in [0.5, 0.6) is 0 Å². The van der Waals surface area contributed by atoms with Crippen molar-refractivity contribution >= 4 is 5.91 Å². The first-order valence-electron chi connectivity index (χ1n) is 9.49. The Labute approximate surface area is 154 Å². The van der Waals surface area contributed by atoms with Gasteiger partial charge in [0.2, 0.25) is 0 Å². The molecule has 5 rings (SSSR count). The van der Waals surface area contributed by atoms with Crippen LogP contribution in [0.2, 0.25) is 0 Å². The highest BCUT2D eigenvalue weighted by Crippen LogP contribution is 2.30. The molecule has 0 N–H and O–H groups in total. The molecule has 3 aliphatic heterocycles. The molecule has 5 heterocycles. The van der Waals surface area contributed by atoms with E-state index >= 15 is 0 Å². The summed E-state index contributed by atoms with van der Waals surface area (Å²) in [5, 5.41) is 4.03. The summed E-state index contributed by atoms with van der Waals surface area (Å²) in [4.78, 5) is 21.7. The average Bonchev–Trinajstić information content (AvgIpc) is 2.98. The minimum atomic E-state index is 0.0126. The maximum absolute atomic E-state index is 13.0. The van der Waals surface area contributed by atoms with Gasteiger partial charge in [0, 0.05) is 56.6 Å². The van der Waals surface area contributed by atoms with E-state index in [-0.39, 0.29) is 17.9 Å². The second-order valence-corrected chi connectivity index (χ2v) is 7.88. The Kier molecular flexibility index (Phi) is 4.76. The number of pyridine rings is 1. The van der Waals surface area contributed by atoms with Crippen LogP contribution in [0.4, 0.5) is 0 Å². The molecule has 138 valence electrons. The number of amides is 1. The number of rotatable bonds is 4. The van der Waals surface area contributed by atoms with Crippen LogP contribution in [0.1, 0.15) is 54.4 Å². The number of fused-ring (bicyclic) bond motifs is 4. The molecule has 1 amide bonds. The molecule has 2 atom stereocenters. The fourth-order valence-corrected chi connectivity index (χ4v) is 4.12. The first-order chi connectivity index (χ1) is 12.6. The number of piperidine rings is 1. The number of hydrogen-bond acceptors (Lipinski definition) is 5. The topological polar surface area (TPSA) is 62.5 Å². The van der Waals surface area contributed by atoms with Crippen LogP contribution in [0.3, 0.4) is 0 Å². The highest BCUT2D eigenvalue weighted by molar-refractivity contribution is 5.92. The summed E-state index contributed by atoms with van der Waals surface area (Å²) in [5.41, 5.74) is 1.67. The molecule has 0 aliphatic carbocycles. The van der Waals surface area contributed by atoms with E-state index in [0.29, 0.717) is 11.6 Å². The Balaban J connectivity index is 1.48. The minimum Gasteiger partial charge on any atom is -0.360 e. The van der Waals surface area contributed by atoms with Gasteiger partial charge in [0.05, 0.1) is 0 Å². The van der Waals surface area contributed by atoms with Crippen LogP contribution >= 0.6 is 0 Å². The van der Waals surface area contributed by atoms with Crippen molar-refractivity contribution in [2.45, 2.75) is 45.2 Å². The van der Waals surface area contributed by atoms with Crippen molar-refractivity contribution < 1.29 is 9.32 Å². The van der Waals surface area contributed by atoms with Gasteiger partial charge in [-0.2, -0.15) is 0 Å². The van der Waals surface area contributed by atoms with E-state index in [1.807, 2.05) is 31.0 Å². The molecule has 3 saturated heterocycles. The van der Waals surface area contributed by atoms with Crippen molar-refractivity contribution in [1.82, 2.24) is 19.9 Å². The van der Waals surface area contributed by atoms with E-state index in [2.05, 4.69) is 21.1 Å². The SMILES string of the molecule is CC(C)c1cc(C(=O)N2C[C@H]3CC[C@@H]2CN(Cc2cccnc2)C3)no1. The van der Waals surface area contributed by atoms with Gasteiger partial charge in [-0.1, -0.05) is 25.1 Å². The Hall–Kier alpha value is -2.21. The maximum Gasteiger partial charge on any atom is 0.276 e. The summed E-state index contributed by atoms with van der Waals surface area (Å²) >= 11 is 0. The fraction of sp³-hybridized carbons (Fsp3) is 0.550. The van der Waals surface area contributed by atoms with Crippen LogP contribution in [-0.4, -0.2) is 51.5 Å². The van der Waals surface area contributed by atoms with Crippen LogP contribution in [0, 0.1) is 5.92 Å². The summed E-state index contributed by atoms with van der Waals surface area (Å²) in [6, 6.07) is 6.15. The molecule has 0 aromatic carbocycles. The highest BCUT2D eigenvalue weighted by Gasteiger charge is 2.38. The van der Waals surface area contributed by atoms with E-state index in [1.165, 1.54) is 12.0 Å². The lowest BCUT2D eigenvalue weighted by atomic mass is 9.94. The standard InChI is InChI=1S/C20H26N4O2/c1-14(2)19-8-18(22-26-19)20(25)24-12-16-5-6-17(24)13-23(11-16)10-15-4-3-7-21-9-15/h3-4,7-9,14,16-17H,5-6,10-13H2,1-2H3/t16-,17+/m0/s1. The molecule has 3 aliphatic rings. The Morgan fingerprint density at radius 3 is 2.92 bits per heavy atom. The zero-order valence-corrected chi connectivity index (χ0v) is 15.5. The molecular weight excluding hydrogens is 328 g/mol. The second kappa shape index (κ2) is 7.19. The Morgan fingerprint density at radius 1 is 1.31 bits per heavy atom. The first-order valence-corrected chi connectivity index (χ1v) is 9.49. The van der Waals surface area contributed by atoms with Crippen molar-refractivity contribution in [3.05, 3.63) is 47.6 Å². The van der Waals surface area contributed by atoms with Gasteiger partial charge in [-0.15, -0.1) is 0 Å². The predicted molar refractivity (Wildman–Crippen MR) is 97.7 cm³/mol. The lowest BCUT2D eigenvalue weighted by Crippen LogP contribution is -2.47. The van der Waals surface area contributed by atoms with Crippen LogP contribution < -0.4 is 0 Å². The van der Waals surface area contributed by atoms with Gasteiger partial charge in [0.15, 0.2) is 5.69 Å². The molecule has 0 unspecified atom stereocenters. The fourth-order valence-electron chi connectivity index (χ4n) is 4.12. The van der Waals surface area contributed by atoms with Crippen molar-refractivity contribution in [3.8, 4) is 0 Å². The normalized spacial score (nSPS) is 23.4. The van der Waals surface area contributed by atoms with Crippen molar-refractivity contribution in [1.29, 1.82) is 0 Å². The summed E-state index contributed by atoms with van der Waals surface area (Å²) < 4.78 is 5.33. The van der Waals surface area contributed by atoms with Gasteiger partial charge in [0.25, 0.3) is 5.91 Å². The molecule has 0 spiro atoms. The maximum atomic E-state index is 13.0. The van der Waals surface area contributed by atoms with Gasteiger partial charge in [-0.3, -0.25) is 14.7 Å². The van der Waals surface area contributed by atoms with E-state index in [1.54, 1.807) is 12.3 Å². The molecule has 2 bridgehead atoms. The number of aromatic nitrogens is 2. The Morgan fingerprint density at radius 2 is 2.19 bits per heavy atom. The van der Waals surface area contributed by atoms with Crippen LogP contribution in [0.25, 0.3) is 0 Å². The van der Waals surface area contributed by atoms with Gasteiger partial charge in [-0.25, -0.2) is 0 Å². The number of hydrogen-bond donors (Lipinski definition) is 0. The third-order valence-electron chi connectivity index (χ3n) is 5.50. The summed E-state index contributed by atoms with van der Waals surface area (Å²) in [7, 11) is 0. The smallest absolute Gasteiger partial charge is 0.276 e. The van der Waals surface area contributed by atoms with E-state index in [0.717, 1.165) is 38.4 Å². The molecule has 0 radical (unpaired) electrons. The molecule has 6 heteroatoms. The molecule has 2 aromatic rings. The summed E-state index contributed by atoms with van der Waals surface area (Å²) in [6.07, 6.45) is 5.99. The molecule has 3 fully saturated rings. The first kappa shape index (κ1) is 17.2. The zero-order chi connectivity index (χ0) is 18.1. The zero-order valence-electron chi connectivity index (χ0n) is 15.5. The van der Waals surface area contributed by atoms with Gasteiger partial charge >= 0.3 is 0 Å². The minimum absolute atomic E-state index is 0.0126. The van der Waals surface area contributed by atoms with E-state index < -0.39 is 0 Å². The molecule has 26 heavy (non-hydrogen) atoms. The van der Waals surface area contributed by atoms with Crippen LogP contribution in [0.15, 0.2) is 35.1 Å². The van der Waals surface area contributed by atoms with E-state index in [9.17, 15) is 4.79 Å². The van der Waals surface area contributed by atoms with Gasteiger partial charge in [-0.05, 0) is 30.4 Å². The van der Waals surface area contributed by atoms with Gasteiger partial charge < -0.3 is 9.42 Å². The van der Waals surface area contributed by atoms with E-state index in [4.69, 9.17) is 4.52 Å². The number of nitrogens with zero attached hydrogens (tertiary/aromatic N) is 4. The third-order valence-corrected chi connectivity index (χ3v) is 5.50. The second-order valence-electron chi connectivity index (χ2n) is 7.88. The van der Waals surface area contributed by atoms with Crippen LogP contribution in [-0.2, 0) is 6.54 Å². The average molecular weight is 354 g/mol. The third kappa shape index (κ3) is 3.51. The van der Waals surface area contributed by atoms with Crippen molar-refractivity contribution in [2.24, 2.45) is 5.92 Å². The quantitative estimate of drug-likeness (QED) is 0.845. The lowest BCUT2D eigenvalue weighted by Gasteiger charge is -2.35. The number of carbonyl (C=O) groups is 1. The largest absolute Gasteiger partial charge is 0.360 e. The van der Waals surface area contributed by atoms with Gasteiger partial charge in [0.1, 0.15) is 5.76 Å². The monoisotopic (exact) mass is 354 g/mol. The molecular formula is C20H26N4O2. The highest BCUT2D eigenvalue weighted by atomic mass is 16.5. The summed E-state index contributed by atoms with van der Waals surface area (Å²) in [6.45, 7) is 7.73. The molecule has 6 nitrogen and oxygen atoms in total. The Bertz CT molecular complexity index is 758. The summed E-state index contributed by atoms with van der Waals surface area (Å²) in [5.74, 6) is 1.54.